The number of para-hydroxylation sites is 1. The standard InChI is InChI=1S/C21H19N3O2S/c1-13-18(20(26)24-16-5-3-2-4-6-16)27-21(22-13)15-9-11-17(12-10-15)23-19(25)14-7-8-14/h2-6,9-12,14H,7-8H2,1H3,(H,23,25)(H,24,26). The summed E-state index contributed by atoms with van der Waals surface area (Å²) in [4.78, 5) is 29.5. The average molecular weight is 377 g/mol. The third-order valence-electron chi connectivity index (χ3n) is 4.38. The maximum atomic E-state index is 12.5. The number of benzene rings is 2. The van der Waals surface area contributed by atoms with Crippen LogP contribution in [0.1, 0.15) is 28.2 Å². The molecule has 27 heavy (non-hydrogen) atoms. The summed E-state index contributed by atoms with van der Waals surface area (Å²) in [5.41, 5.74) is 3.17. The highest BCUT2D eigenvalue weighted by Gasteiger charge is 2.29. The summed E-state index contributed by atoms with van der Waals surface area (Å²) < 4.78 is 0. The van der Waals surface area contributed by atoms with Crippen molar-refractivity contribution in [3.63, 3.8) is 0 Å². The summed E-state index contributed by atoms with van der Waals surface area (Å²) in [6.07, 6.45) is 1.96. The Bertz CT molecular complexity index is 976. The van der Waals surface area contributed by atoms with Crippen molar-refractivity contribution < 1.29 is 9.59 Å². The molecule has 5 nitrogen and oxygen atoms in total. The van der Waals surface area contributed by atoms with Crippen LogP contribution in [0.25, 0.3) is 10.6 Å². The Balaban J connectivity index is 1.48. The second-order valence-electron chi connectivity index (χ2n) is 6.59. The lowest BCUT2D eigenvalue weighted by Gasteiger charge is -2.04. The SMILES string of the molecule is Cc1nc(-c2ccc(NC(=O)C3CC3)cc2)sc1C(=O)Nc1ccccc1. The van der Waals surface area contributed by atoms with Crippen molar-refractivity contribution in [2.75, 3.05) is 10.6 Å². The van der Waals surface area contributed by atoms with Gasteiger partial charge in [0.1, 0.15) is 9.88 Å². The van der Waals surface area contributed by atoms with Crippen LogP contribution in [0, 0.1) is 12.8 Å². The van der Waals surface area contributed by atoms with Gasteiger partial charge in [-0.25, -0.2) is 4.98 Å². The summed E-state index contributed by atoms with van der Waals surface area (Å²) in [5, 5.41) is 6.60. The Kier molecular flexibility index (Phi) is 4.73. The molecule has 0 aliphatic heterocycles. The van der Waals surface area contributed by atoms with Gasteiger partial charge in [-0.3, -0.25) is 9.59 Å². The van der Waals surface area contributed by atoms with Gasteiger partial charge in [0.2, 0.25) is 5.91 Å². The van der Waals surface area contributed by atoms with E-state index in [1.165, 1.54) is 11.3 Å². The molecular formula is C21H19N3O2S. The number of hydrogen-bond acceptors (Lipinski definition) is 4. The van der Waals surface area contributed by atoms with Crippen LogP contribution in [0.15, 0.2) is 54.6 Å². The lowest BCUT2D eigenvalue weighted by atomic mass is 10.2. The number of nitrogens with one attached hydrogen (secondary N) is 2. The fraction of sp³-hybridized carbons (Fsp3) is 0.190. The molecule has 2 amide bonds. The molecule has 136 valence electrons. The van der Waals surface area contributed by atoms with Crippen molar-refractivity contribution in [3.8, 4) is 10.6 Å². The van der Waals surface area contributed by atoms with Gasteiger partial charge in [-0.1, -0.05) is 18.2 Å². The first kappa shape index (κ1) is 17.4. The number of nitrogens with zero attached hydrogens (tertiary/aromatic N) is 1. The van der Waals surface area contributed by atoms with E-state index >= 15 is 0 Å². The first-order chi connectivity index (χ1) is 13.1. The van der Waals surface area contributed by atoms with Crippen molar-refractivity contribution in [2.45, 2.75) is 19.8 Å². The fourth-order valence-corrected chi connectivity index (χ4v) is 3.69. The monoisotopic (exact) mass is 377 g/mol. The minimum Gasteiger partial charge on any atom is -0.326 e. The van der Waals surface area contributed by atoms with Gasteiger partial charge in [0.25, 0.3) is 5.91 Å². The predicted octanol–water partition coefficient (Wildman–Crippen LogP) is 4.72. The van der Waals surface area contributed by atoms with Crippen molar-refractivity contribution in [2.24, 2.45) is 5.92 Å². The zero-order chi connectivity index (χ0) is 18.8. The average Bonchev–Trinajstić information content (AvgIpc) is 3.45. The van der Waals surface area contributed by atoms with Gasteiger partial charge in [0.15, 0.2) is 0 Å². The van der Waals surface area contributed by atoms with Gasteiger partial charge in [0, 0.05) is 22.9 Å². The number of anilines is 2. The second-order valence-corrected chi connectivity index (χ2v) is 7.59. The maximum absolute atomic E-state index is 12.5. The first-order valence-electron chi connectivity index (χ1n) is 8.85. The zero-order valence-corrected chi connectivity index (χ0v) is 15.7. The van der Waals surface area contributed by atoms with E-state index in [0.29, 0.717) is 10.6 Å². The Labute approximate surface area is 161 Å². The van der Waals surface area contributed by atoms with Gasteiger partial charge in [-0.2, -0.15) is 0 Å². The Morgan fingerprint density at radius 2 is 1.63 bits per heavy atom. The van der Waals surface area contributed by atoms with Crippen LogP contribution in [0.5, 0.6) is 0 Å². The molecule has 0 spiro atoms. The lowest BCUT2D eigenvalue weighted by molar-refractivity contribution is -0.117. The summed E-state index contributed by atoms with van der Waals surface area (Å²) in [7, 11) is 0. The number of aryl methyl sites for hydroxylation is 1. The second kappa shape index (κ2) is 7.32. The summed E-state index contributed by atoms with van der Waals surface area (Å²) in [6.45, 7) is 1.84. The molecule has 3 aromatic rings. The molecule has 1 heterocycles. The number of amides is 2. The van der Waals surface area contributed by atoms with Crippen LogP contribution >= 0.6 is 11.3 Å². The minimum atomic E-state index is -0.157. The predicted molar refractivity (Wildman–Crippen MR) is 108 cm³/mol. The molecule has 0 bridgehead atoms. The van der Waals surface area contributed by atoms with E-state index in [0.717, 1.165) is 34.8 Å². The van der Waals surface area contributed by atoms with E-state index in [1.807, 2.05) is 61.5 Å². The molecule has 1 aliphatic rings. The Morgan fingerprint density at radius 3 is 2.30 bits per heavy atom. The van der Waals surface area contributed by atoms with E-state index in [4.69, 9.17) is 0 Å². The van der Waals surface area contributed by atoms with Crippen LogP contribution in [-0.4, -0.2) is 16.8 Å². The molecule has 4 rings (SSSR count). The number of carbonyl (C=O) groups excluding carboxylic acids is 2. The van der Waals surface area contributed by atoms with E-state index in [2.05, 4.69) is 15.6 Å². The third kappa shape index (κ3) is 4.06. The van der Waals surface area contributed by atoms with Crippen molar-refractivity contribution in [1.29, 1.82) is 0 Å². The molecule has 0 unspecified atom stereocenters. The normalized spacial score (nSPS) is 13.2. The summed E-state index contributed by atoms with van der Waals surface area (Å²) in [6, 6.07) is 16.9. The highest BCUT2D eigenvalue weighted by atomic mass is 32.1. The minimum absolute atomic E-state index is 0.0905. The van der Waals surface area contributed by atoms with Gasteiger partial charge < -0.3 is 10.6 Å². The topological polar surface area (TPSA) is 71.1 Å². The van der Waals surface area contributed by atoms with Crippen LogP contribution in [0.4, 0.5) is 11.4 Å². The van der Waals surface area contributed by atoms with Crippen LogP contribution in [0.2, 0.25) is 0 Å². The molecule has 0 saturated heterocycles. The van der Waals surface area contributed by atoms with Gasteiger partial charge in [0.05, 0.1) is 5.69 Å². The van der Waals surface area contributed by atoms with E-state index in [-0.39, 0.29) is 17.7 Å². The smallest absolute Gasteiger partial charge is 0.267 e. The molecule has 2 N–H and O–H groups in total. The quantitative estimate of drug-likeness (QED) is 0.676. The summed E-state index contributed by atoms with van der Waals surface area (Å²) in [5.74, 6) is 0.112. The summed E-state index contributed by atoms with van der Waals surface area (Å²) >= 11 is 1.36. The maximum Gasteiger partial charge on any atom is 0.267 e. The molecular weight excluding hydrogens is 358 g/mol. The van der Waals surface area contributed by atoms with Gasteiger partial charge in [-0.15, -0.1) is 11.3 Å². The highest BCUT2D eigenvalue weighted by molar-refractivity contribution is 7.17. The lowest BCUT2D eigenvalue weighted by Crippen LogP contribution is -2.12. The number of thiazole rings is 1. The van der Waals surface area contributed by atoms with Crippen LogP contribution in [-0.2, 0) is 4.79 Å². The van der Waals surface area contributed by atoms with Crippen molar-refractivity contribution >= 4 is 34.5 Å². The molecule has 0 atom stereocenters. The largest absolute Gasteiger partial charge is 0.326 e. The number of aromatic nitrogens is 1. The van der Waals surface area contributed by atoms with Gasteiger partial charge in [-0.05, 0) is 56.2 Å². The molecule has 6 heteroatoms. The fourth-order valence-electron chi connectivity index (χ4n) is 2.73. The van der Waals surface area contributed by atoms with Crippen LogP contribution in [0.3, 0.4) is 0 Å². The molecule has 2 aromatic carbocycles. The molecule has 1 fully saturated rings. The van der Waals surface area contributed by atoms with E-state index in [9.17, 15) is 9.59 Å². The van der Waals surface area contributed by atoms with E-state index in [1.54, 1.807) is 0 Å². The van der Waals surface area contributed by atoms with Crippen molar-refractivity contribution in [1.82, 2.24) is 4.98 Å². The Hall–Kier alpha value is -2.99. The third-order valence-corrected chi connectivity index (χ3v) is 5.59. The molecule has 1 aromatic heterocycles. The van der Waals surface area contributed by atoms with Crippen LogP contribution < -0.4 is 10.6 Å². The molecule has 1 saturated carbocycles. The number of carbonyl (C=O) groups is 2. The number of hydrogen-bond donors (Lipinski definition) is 2. The van der Waals surface area contributed by atoms with Crippen molar-refractivity contribution in [3.05, 3.63) is 65.2 Å². The first-order valence-corrected chi connectivity index (χ1v) is 9.67. The zero-order valence-electron chi connectivity index (χ0n) is 14.9. The van der Waals surface area contributed by atoms with E-state index < -0.39 is 0 Å². The molecule has 0 radical (unpaired) electrons. The Morgan fingerprint density at radius 1 is 0.963 bits per heavy atom. The number of rotatable bonds is 5. The highest BCUT2D eigenvalue weighted by Crippen LogP contribution is 2.32. The van der Waals surface area contributed by atoms with Gasteiger partial charge >= 0.3 is 0 Å². The molecule has 1 aliphatic carbocycles.